The quantitative estimate of drug-likeness (QED) is 0.496. The lowest BCUT2D eigenvalue weighted by Gasteiger charge is -2.10. The first-order valence-electron chi connectivity index (χ1n) is 8.83. The van der Waals surface area contributed by atoms with Gasteiger partial charge in [0, 0.05) is 30.7 Å². The SMILES string of the molecule is COc1ccc(CNc2ncc3c(Nc4ccc(F)c(F)c4)nccc3n2)cc1. The summed E-state index contributed by atoms with van der Waals surface area (Å²) in [6, 6.07) is 13.0. The van der Waals surface area contributed by atoms with Crippen molar-refractivity contribution in [1.82, 2.24) is 15.0 Å². The van der Waals surface area contributed by atoms with Gasteiger partial charge < -0.3 is 15.4 Å². The lowest BCUT2D eigenvalue weighted by Crippen LogP contribution is -2.04. The minimum atomic E-state index is -0.934. The van der Waals surface area contributed by atoms with Crippen LogP contribution >= 0.6 is 0 Å². The first-order valence-corrected chi connectivity index (χ1v) is 8.83. The predicted octanol–water partition coefficient (Wildman–Crippen LogP) is 4.67. The van der Waals surface area contributed by atoms with Crippen LogP contribution in [0.1, 0.15) is 5.56 Å². The Kier molecular flexibility index (Phi) is 5.15. The van der Waals surface area contributed by atoms with Crippen LogP contribution < -0.4 is 15.4 Å². The first kappa shape index (κ1) is 18.5. The molecule has 29 heavy (non-hydrogen) atoms. The molecule has 0 bridgehead atoms. The maximum atomic E-state index is 13.4. The van der Waals surface area contributed by atoms with Crippen LogP contribution in [0.2, 0.25) is 0 Å². The maximum Gasteiger partial charge on any atom is 0.223 e. The van der Waals surface area contributed by atoms with E-state index in [4.69, 9.17) is 4.74 Å². The van der Waals surface area contributed by atoms with Gasteiger partial charge >= 0.3 is 0 Å². The molecule has 146 valence electrons. The van der Waals surface area contributed by atoms with E-state index in [0.29, 0.717) is 34.9 Å². The zero-order valence-electron chi connectivity index (χ0n) is 15.5. The van der Waals surface area contributed by atoms with Gasteiger partial charge in [0.25, 0.3) is 0 Å². The number of ether oxygens (including phenoxy) is 1. The van der Waals surface area contributed by atoms with E-state index in [-0.39, 0.29) is 0 Å². The minimum absolute atomic E-state index is 0.380. The Bertz CT molecular complexity index is 1150. The van der Waals surface area contributed by atoms with Crippen molar-refractivity contribution in [2.75, 3.05) is 17.7 Å². The number of nitrogens with one attached hydrogen (secondary N) is 2. The van der Waals surface area contributed by atoms with Crippen LogP contribution in [0.15, 0.2) is 60.9 Å². The summed E-state index contributed by atoms with van der Waals surface area (Å²) in [5, 5.41) is 6.81. The highest BCUT2D eigenvalue weighted by Gasteiger charge is 2.08. The summed E-state index contributed by atoms with van der Waals surface area (Å²) in [6.07, 6.45) is 3.22. The molecular formula is C21H17F2N5O. The van der Waals surface area contributed by atoms with Gasteiger partial charge in [0.15, 0.2) is 11.6 Å². The van der Waals surface area contributed by atoms with Gasteiger partial charge in [0.2, 0.25) is 5.95 Å². The molecule has 0 aliphatic rings. The molecule has 0 saturated heterocycles. The standard InChI is InChI=1S/C21H17F2N5O/c1-29-15-5-2-13(3-6-15)11-25-21-26-12-16-19(28-21)8-9-24-20(16)27-14-4-7-17(22)18(23)10-14/h2-10,12H,11H2,1H3,(H,24,27)(H,25,26,28). The number of benzene rings is 2. The van der Waals surface area contributed by atoms with Crippen LogP contribution in [0.4, 0.5) is 26.2 Å². The summed E-state index contributed by atoms with van der Waals surface area (Å²) in [4.78, 5) is 13.1. The summed E-state index contributed by atoms with van der Waals surface area (Å²) in [5.74, 6) is -0.119. The molecular weight excluding hydrogens is 376 g/mol. The number of halogens is 2. The van der Waals surface area contributed by atoms with Crippen LogP contribution in [0.5, 0.6) is 5.75 Å². The van der Waals surface area contributed by atoms with E-state index in [1.54, 1.807) is 25.6 Å². The minimum Gasteiger partial charge on any atom is -0.497 e. The highest BCUT2D eigenvalue weighted by atomic mass is 19.2. The smallest absolute Gasteiger partial charge is 0.223 e. The predicted molar refractivity (Wildman–Crippen MR) is 107 cm³/mol. The molecule has 0 spiro atoms. The number of nitrogens with zero attached hydrogens (tertiary/aromatic N) is 3. The molecule has 2 heterocycles. The second-order valence-corrected chi connectivity index (χ2v) is 6.24. The third-order valence-electron chi connectivity index (χ3n) is 4.30. The Morgan fingerprint density at radius 3 is 2.55 bits per heavy atom. The molecule has 4 rings (SSSR count). The highest BCUT2D eigenvalue weighted by Crippen LogP contribution is 2.24. The van der Waals surface area contributed by atoms with Crippen LogP contribution in [0, 0.1) is 11.6 Å². The molecule has 2 aromatic carbocycles. The molecule has 8 heteroatoms. The summed E-state index contributed by atoms with van der Waals surface area (Å²) in [5.41, 5.74) is 2.10. The van der Waals surface area contributed by atoms with E-state index < -0.39 is 11.6 Å². The molecule has 2 aromatic heterocycles. The Labute approximate surface area is 165 Å². The van der Waals surface area contributed by atoms with Gasteiger partial charge in [-0.05, 0) is 35.9 Å². The van der Waals surface area contributed by atoms with E-state index in [1.165, 1.54) is 6.07 Å². The number of aromatic nitrogens is 3. The first-order chi connectivity index (χ1) is 14.1. The Balaban J connectivity index is 1.52. The number of pyridine rings is 1. The fourth-order valence-corrected chi connectivity index (χ4v) is 2.78. The van der Waals surface area contributed by atoms with Crippen LogP contribution in [0.3, 0.4) is 0 Å². The van der Waals surface area contributed by atoms with Crippen molar-refractivity contribution < 1.29 is 13.5 Å². The van der Waals surface area contributed by atoms with Gasteiger partial charge in [-0.2, -0.15) is 0 Å². The van der Waals surface area contributed by atoms with E-state index in [0.717, 1.165) is 23.4 Å². The molecule has 0 saturated carbocycles. The fourth-order valence-electron chi connectivity index (χ4n) is 2.78. The van der Waals surface area contributed by atoms with Crippen molar-refractivity contribution in [2.24, 2.45) is 0 Å². The van der Waals surface area contributed by atoms with Gasteiger partial charge in [0.1, 0.15) is 11.6 Å². The third-order valence-corrected chi connectivity index (χ3v) is 4.30. The van der Waals surface area contributed by atoms with Crippen molar-refractivity contribution in [1.29, 1.82) is 0 Å². The number of anilines is 3. The van der Waals surface area contributed by atoms with Crippen molar-refractivity contribution >= 4 is 28.4 Å². The number of fused-ring (bicyclic) bond motifs is 1. The molecule has 0 amide bonds. The normalized spacial score (nSPS) is 10.7. The number of rotatable bonds is 6. The van der Waals surface area contributed by atoms with Crippen molar-refractivity contribution in [3.8, 4) is 5.75 Å². The van der Waals surface area contributed by atoms with Crippen molar-refractivity contribution in [2.45, 2.75) is 6.54 Å². The van der Waals surface area contributed by atoms with E-state index in [9.17, 15) is 8.78 Å². The fraction of sp³-hybridized carbons (Fsp3) is 0.0952. The topological polar surface area (TPSA) is 72.0 Å². The van der Waals surface area contributed by atoms with E-state index >= 15 is 0 Å². The molecule has 2 N–H and O–H groups in total. The van der Waals surface area contributed by atoms with Crippen LogP contribution in [-0.4, -0.2) is 22.1 Å². The highest BCUT2D eigenvalue weighted by molar-refractivity contribution is 5.90. The largest absolute Gasteiger partial charge is 0.497 e. The summed E-state index contributed by atoms with van der Waals surface area (Å²) < 4.78 is 31.7. The lowest BCUT2D eigenvalue weighted by molar-refractivity contribution is 0.414. The summed E-state index contributed by atoms with van der Waals surface area (Å²) in [6.45, 7) is 0.556. The molecule has 0 aliphatic carbocycles. The number of methoxy groups -OCH3 is 1. The van der Waals surface area contributed by atoms with Crippen molar-refractivity contribution in [3.05, 3.63) is 78.1 Å². The van der Waals surface area contributed by atoms with Gasteiger partial charge in [-0.15, -0.1) is 0 Å². The summed E-state index contributed by atoms with van der Waals surface area (Å²) in [7, 11) is 1.63. The van der Waals surface area contributed by atoms with Crippen LogP contribution in [0.25, 0.3) is 10.9 Å². The van der Waals surface area contributed by atoms with E-state index in [2.05, 4.69) is 25.6 Å². The molecule has 0 atom stereocenters. The third kappa shape index (κ3) is 4.21. The molecule has 0 fully saturated rings. The average Bonchev–Trinajstić information content (AvgIpc) is 2.75. The van der Waals surface area contributed by atoms with Crippen molar-refractivity contribution in [3.63, 3.8) is 0 Å². The molecule has 0 unspecified atom stereocenters. The van der Waals surface area contributed by atoms with Gasteiger partial charge in [-0.25, -0.2) is 23.7 Å². The molecule has 4 aromatic rings. The van der Waals surface area contributed by atoms with Gasteiger partial charge in [0.05, 0.1) is 18.0 Å². The lowest BCUT2D eigenvalue weighted by atomic mass is 10.2. The van der Waals surface area contributed by atoms with Gasteiger partial charge in [-0.1, -0.05) is 12.1 Å². The molecule has 0 aliphatic heterocycles. The van der Waals surface area contributed by atoms with E-state index in [1.807, 2.05) is 24.3 Å². The molecule has 6 nitrogen and oxygen atoms in total. The zero-order valence-corrected chi connectivity index (χ0v) is 15.5. The Hall–Kier alpha value is -3.81. The second kappa shape index (κ2) is 8.05. The maximum absolute atomic E-state index is 13.4. The molecule has 0 radical (unpaired) electrons. The monoisotopic (exact) mass is 393 g/mol. The second-order valence-electron chi connectivity index (χ2n) is 6.24. The van der Waals surface area contributed by atoms with Crippen LogP contribution in [-0.2, 0) is 6.54 Å². The Morgan fingerprint density at radius 1 is 0.966 bits per heavy atom. The average molecular weight is 393 g/mol. The Morgan fingerprint density at radius 2 is 1.79 bits per heavy atom. The summed E-state index contributed by atoms with van der Waals surface area (Å²) >= 11 is 0. The number of hydrogen-bond acceptors (Lipinski definition) is 6. The number of hydrogen-bond donors (Lipinski definition) is 2. The zero-order chi connectivity index (χ0) is 20.2. The van der Waals surface area contributed by atoms with Gasteiger partial charge in [-0.3, -0.25) is 0 Å².